The summed E-state index contributed by atoms with van der Waals surface area (Å²) >= 11 is 0. The maximum Gasteiger partial charge on any atom is 0.152 e. The monoisotopic (exact) mass is 349 g/mol. The molecule has 4 nitrogen and oxygen atoms in total. The molecule has 4 rings (SSSR count). The second kappa shape index (κ2) is 7.50. The first-order valence-corrected chi connectivity index (χ1v) is 9.70. The zero-order valence-electron chi connectivity index (χ0n) is 15.7. The van der Waals surface area contributed by atoms with Crippen LogP contribution in [-0.2, 0) is 0 Å². The van der Waals surface area contributed by atoms with E-state index in [4.69, 9.17) is 9.72 Å². The molecule has 1 fully saturated rings. The van der Waals surface area contributed by atoms with E-state index in [1.807, 2.05) is 24.4 Å². The summed E-state index contributed by atoms with van der Waals surface area (Å²) in [7, 11) is 0. The number of pyridine rings is 1. The standard InChI is InChI=1S/C22H27N3O/c1-3-22(24-12-6-4-7-13-24)26-20-11-10-18(15-17(20)2)19-16-25-14-8-5-9-21(25)23-19/h5,8-11,14-16,22H,3-4,6-7,12-13H2,1-2H3. The molecule has 0 bridgehead atoms. The summed E-state index contributed by atoms with van der Waals surface area (Å²) in [5.41, 5.74) is 4.25. The van der Waals surface area contributed by atoms with E-state index in [-0.39, 0.29) is 6.23 Å². The van der Waals surface area contributed by atoms with Crippen molar-refractivity contribution in [3.63, 3.8) is 0 Å². The van der Waals surface area contributed by atoms with Crippen LogP contribution in [0.4, 0.5) is 0 Å². The van der Waals surface area contributed by atoms with Crippen molar-refractivity contribution in [2.24, 2.45) is 0 Å². The third-order valence-electron chi connectivity index (χ3n) is 5.24. The van der Waals surface area contributed by atoms with Gasteiger partial charge in [0.1, 0.15) is 11.4 Å². The van der Waals surface area contributed by atoms with Crippen molar-refractivity contribution in [1.29, 1.82) is 0 Å². The van der Waals surface area contributed by atoms with E-state index in [1.54, 1.807) is 0 Å². The van der Waals surface area contributed by atoms with Gasteiger partial charge in [0.15, 0.2) is 6.23 Å². The lowest BCUT2D eigenvalue weighted by Crippen LogP contribution is -2.42. The van der Waals surface area contributed by atoms with Gasteiger partial charge in [0, 0.05) is 31.0 Å². The summed E-state index contributed by atoms with van der Waals surface area (Å²) in [6.07, 6.45) is 9.20. The lowest BCUT2D eigenvalue weighted by Gasteiger charge is -2.34. The summed E-state index contributed by atoms with van der Waals surface area (Å²) in [4.78, 5) is 7.20. The molecule has 2 aromatic heterocycles. The molecule has 3 heterocycles. The molecular formula is C22H27N3O. The van der Waals surface area contributed by atoms with Crippen molar-refractivity contribution in [3.8, 4) is 17.0 Å². The number of aryl methyl sites for hydroxylation is 1. The average Bonchev–Trinajstić information content (AvgIpc) is 3.12. The summed E-state index contributed by atoms with van der Waals surface area (Å²) in [5.74, 6) is 0.981. The molecule has 3 aromatic rings. The molecule has 0 amide bonds. The number of hydrogen-bond acceptors (Lipinski definition) is 3. The quantitative estimate of drug-likeness (QED) is 0.655. The molecule has 1 atom stereocenters. The number of likely N-dealkylation sites (tertiary alicyclic amines) is 1. The molecule has 1 unspecified atom stereocenters. The molecule has 0 radical (unpaired) electrons. The number of rotatable bonds is 5. The van der Waals surface area contributed by atoms with Gasteiger partial charge in [-0.05, 0) is 62.1 Å². The van der Waals surface area contributed by atoms with E-state index < -0.39 is 0 Å². The van der Waals surface area contributed by atoms with E-state index in [0.717, 1.165) is 47.7 Å². The molecule has 4 heteroatoms. The van der Waals surface area contributed by atoms with Gasteiger partial charge in [0.2, 0.25) is 0 Å². The van der Waals surface area contributed by atoms with Crippen LogP contribution in [0.1, 0.15) is 38.2 Å². The normalized spacial score (nSPS) is 16.7. The van der Waals surface area contributed by atoms with Gasteiger partial charge in [-0.3, -0.25) is 4.90 Å². The number of fused-ring (bicyclic) bond motifs is 1. The van der Waals surface area contributed by atoms with Crippen molar-refractivity contribution in [1.82, 2.24) is 14.3 Å². The number of imidazole rings is 1. The SMILES string of the molecule is CCC(Oc1ccc(-c2cn3ccccc3n2)cc1C)N1CCCCC1. The van der Waals surface area contributed by atoms with Crippen molar-refractivity contribution >= 4 is 5.65 Å². The Hall–Kier alpha value is -2.33. The Morgan fingerprint density at radius 3 is 2.69 bits per heavy atom. The van der Waals surface area contributed by atoms with Gasteiger partial charge in [-0.2, -0.15) is 0 Å². The molecule has 1 saturated heterocycles. The number of ether oxygens (including phenoxy) is 1. The molecule has 1 aromatic carbocycles. The Balaban J connectivity index is 1.55. The molecule has 0 saturated carbocycles. The summed E-state index contributed by atoms with van der Waals surface area (Å²) in [6.45, 7) is 6.63. The molecule has 1 aliphatic rings. The van der Waals surface area contributed by atoms with Gasteiger partial charge >= 0.3 is 0 Å². The first-order valence-electron chi connectivity index (χ1n) is 9.70. The first-order chi connectivity index (χ1) is 12.7. The second-order valence-corrected chi connectivity index (χ2v) is 7.15. The molecule has 0 aliphatic carbocycles. The van der Waals surface area contributed by atoms with Crippen LogP contribution >= 0.6 is 0 Å². The highest BCUT2D eigenvalue weighted by Crippen LogP contribution is 2.28. The van der Waals surface area contributed by atoms with Crippen LogP contribution in [0.15, 0.2) is 48.8 Å². The van der Waals surface area contributed by atoms with Crippen molar-refractivity contribution in [3.05, 3.63) is 54.4 Å². The topological polar surface area (TPSA) is 29.8 Å². The number of benzene rings is 1. The van der Waals surface area contributed by atoms with Crippen LogP contribution in [0.25, 0.3) is 16.9 Å². The molecule has 136 valence electrons. The molecule has 0 spiro atoms. The minimum absolute atomic E-state index is 0.176. The summed E-state index contributed by atoms with van der Waals surface area (Å²) in [6, 6.07) is 12.5. The Kier molecular flexibility index (Phi) is 4.93. The number of nitrogens with zero attached hydrogens (tertiary/aromatic N) is 3. The van der Waals surface area contributed by atoms with Crippen molar-refractivity contribution < 1.29 is 4.74 Å². The highest BCUT2D eigenvalue weighted by molar-refractivity contribution is 5.64. The van der Waals surface area contributed by atoms with E-state index in [2.05, 4.69) is 47.5 Å². The maximum atomic E-state index is 6.38. The largest absolute Gasteiger partial charge is 0.475 e. The van der Waals surface area contributed by atoms with Crippen LogP contribution in [0.2, 0.25) is 0 Å². The van der Waals surface area contributed by atoms with Gasteiger partial charge in [-0.25, -0.2) is 4.98 Å². The van der Waals surface area contributed by atoms with Gasteiger partial charge in [-0.1, -0.05) is 19.4 Å². The smallest absolute Gasteiger partial charge is 0.152 e. The predicted octanol–water partition coefficient (Wildman–Crippen LogP) is 4.91. The Bertz CT molecular complexity index is 847. The van der Waals surface area contributed by atoms with Crippen LogP contribution in [0.5, 0.6) is 5.75 Å². The zero-order valence-corrected chi connectivity index (χ0v) is 15.7. The molecule has 1 aliphatic heterocycles. The number of aromatic nitrogens is 2. The van der Waals surface area contributed by atoms with Crippen molar-refractivity contribution in [2.75, 3.05) is 13.1 Å². The minimum Gasteiger partial charge on any atom is -0.475 e. The maximum absolute atomic E-state index is 6.38. The van der Waals surface area contributed by atoms with Gasteiger partial charge < -0.3 is 9.14 Å². The van der Waals surface area contributed by atoms with Gasteiger partial charge in [0.25, 0.3) is 0 Å². The van der Waals surface area contributed by atoms with E-state index >= 15 is 0 Å². The summed E-state index contributed by atoms with van der Waals surface area (Å²) in [5, 5.41) is 0. The van der Waals surface area contributed by atoms with E-state index in [1.165, 1.54) is 19.3 Å². The van der Waals surface area contributed by atoms with Gasteiger partial charge in [-0.15, -0.1) is 0 Å². The molecule has 0 N–H and O–H groups in total. The van der Waals surface area contributed by atoms with Gasteiger partial charge in [0.05, 0.1) is 5.69 Å². The highest BCUT2D eigenvalue weighted by Gasteiger charge is 2.21. The Labute approximate surface area is 155 Å². The Morgan fingerprint density at radius 2 is 1.96 bits per heavy atom. The first kappa shape index (κ1) is 17.1. The Morgan fingerprint density at radius 1 is 1.12 bits per heavy atom. The fourth-order valence-electron chi connectivity index (χ4n) is 3.78. The number of piperidine rings is 1. The average molecular weight is 349 g/mol. The lowest BCUT2D eigenvalue weighted by atomic mass is 10.1. The zero-order chi connectivity index (χ0) is 17.9. The second-order valence-electron chi connectivity index (χ2n) is 7.15. The third kappa shape index (κ3) is 3.47. The fourth-order valence-corrected chi connectivity index (χ4v) is 3.78. The number of hydrogen-bond donors (Lipinski definition) is 0. The van der Waals surface area contributed by atoms with Crippen LogP contribution in [0, 0.1) is 6.92 Å². The van der Waals surface area contributed by atoms with Crippen molar-refractivity contribution in [2.45, 2.75) is 45.8 Å². The van der Waals surface area contributed by atoms with E-state index in [9.17, 15) is 0 Å². The predicted molar refractivity (Wildman–Crippen MR) is 105 cm³/mol. The van der Waals surface area contributed by atoms with Crippen LogP contribution in [-0.4, -0.2) is 33.6 Å². The fraction of sp³-hybridized carbons (Fsp3) is 0.409. The van der Waals surface area contributed by atoms with Crippen LogP contribution in [0.3, 0.4) is 0 Å². The summed E-state index contributed by atoms with van der Waals surface area (Å²) < 4.78 is 8.44. The van der Waals surface area contributed by atoms with E-state index in [0.29, 0.717) is 0 Å². The molecular weight excluding hydrogens is 322 g/mol. The van der Waals surface area contributed by atoms with Crippen LogP contribution < -0.4 is 4.74 Å². The minimum atomic E-state index is 0.176. The third-order valence-corrected chi connectivity index (χ3v) is 5.24. The highest BCUT2D eigenvalue weighted by atomic mass is 16.5. The lowest BCUT2D eigenvalue weighted by molar-refractivity contribution is 0.00939. The molecule has 26 heavy (non-hydrogen) atoms.